The van der Waals surface area contributed by atoms with E-state index >= 15 is 0 Å². The lowest BCUT2D eigenvalue weighted by Gasteiger charge is -2.42. The molecule has 0 aliphatic heterocycles. The first kappa shape index (κ1) is 31.9. The van der Waals surface area contributed by atoms with Crippen LogP contribution in [0.5, 0.6) is 0 Å². The van der Waals surface area contributed by atoms with Crippen LogP contribution in [0.2, 0.25) is 72.0 Å². The van der Waals surface area contributed by atoms with E-state index in [9.17, 15) is 0 Å². The lowest BCUT2D eigenvalue weighted by atomic mass is 10.4. The highest BCUT2D eigenvalue weighted by Crippen LogP contribution is 2.23. The first-order valence-corrected chi connectivity index (χ1v) is 29.2. The molecule has 36 heavy (non-hydrogen) atoms. The zero-order valence-electron chi connectivity index (χ0n) is 23.7. The molecule has 13 heteroatoms. The molecule has 199 valence electrons. The van der Waals surface area contributed by atoms with Gasteiger partial charge in [-0.3, -0.25) is 0 Å². The highest BCUT2D eigenvalue weighted by atomic mass is 28.5. The van der Waals surface area contributed by atoms with E-state index in [-0.39, 0.29) is 0 Å². The molecule has 2 rings (SSSR count). The minimum Gasteiger partial charge on any atom is -0.436 e. The van der Waals surface area contributed by atoms with E-state index < -0.39 is 61.6 Å². The van der Waals surface area contributed by atoms with Gasteiger partial charge in [0.15, 0.2) is 16.6 Å². The Labute approximate surface area is 228 Å². The molecule has 3 radical (unpaired) electrons. The predicted molar refractivity (Wildman–Crippen MR) is 163 cm³/mol. The normalized spacial score (nSPS) is 13.7. The smallest absolute Gasteiger partial charge is 0.388 e. The summed E-state index contributed by atoms with van der Waals surface area (Å²) in [7, 11) is -13.8. The van der Waals surface area contributed by atoms with E-state index in [2.05, 4.69) is 101 Å². The van der Waals surface area contributed by atoms with E-state index in [4.69, 9.17) is 24.7 Å². The Morgan fingerprint density at radius 2 is 0.917 bits per heavy atom. The molecule has 0 atom stereocenters. The average molecular weight is 612 g/mol. The van der Waals surface area contributed by atoms with Gasteiger partial charge in [0.2, 0.25) is 0 Å². The highest BCUT2D eigenvalue weighted by molar-refractivity contribution is 7.02. The second-order valence-electron chi connectivity index (χ2n) is 11.1. The van der Waals surface area contributed by atoms with Crippen LogP contribution in [-0.2, 0) is 24.7 Å². The summed E-state index contributed by atoms with van der Waals surface area (Å²) in [5.74, 6) is 0. The van der Waals surface area contributed by atoms with Gasteiger partial charge in [0, 0.05) is 0 Å². The second-order valence-corrected chi connectivity index (χ2v) is 32.5. The Bertz CT molecular complexity index is 883. The summed E-state index contributed by atoms with van der Waals surface area (Å²) in [6.45, 7) is 23.4. The molecular formula is C23H43O6Si7. The Balaban J connectivity index is 2.27. The van der Waals surface area contributed by atoms with Crippen LogP contribution in [0, 0.1) is 0 Å². The lowest BCUT2D eigenvalue weighted by molar-refractivity contribution is 0.306. The summed E-state index contributed by atoms with van der Waals surface area (Å²) in [6, 6.07) is 20.8. The van der Waals surface area contributed by atoms with Crippen molar-refractivity contribution in [3.8, 4) is 0 Å². The van der Waals surface area contributed by atoms with Crippen molar-refractivity contribution in [1.29, 1.82) is 0 Å². The summed E-state index contributed by atoms with van der Waals surface area (Å²) in [5.41, 5.74) is 0. The number of rotatable bonds is 14. The van der Waals surface area contributed by atoms with Gasteiger partial charge in [0.05, 0.1) is 0 Å². The van der Waals surface area contributed by atoms with Gasteiger partial charge in [-0.05, 0) is 82.4 Å². The molecule has 0 saturated heterocycles. The van der Waals surface area contributed by atoms with Crippen molar-refractivity contribution in [2.45, 2.75) is 72.0 Å². The molecular weight excluding hydrogens is 569 g/mol. The molecule has 0 aliphatic carbocycles. The summed E-state index contributed by atoms with van der Waals surface area (Å²) >= 11 is 0. The Morgan fingerprint density at radius 3 is 1.31 bits per heavy atom. The van der Waals surface area contributed by atoms with Gasteiger partial charge in [-0.15, -0.1) is 0 Å². The number of hydrogen-bond acceptors (Lipinski definition) is 6. The monoisotopic (exact) mass is 611 g/mol. The summed E-state index contributed by atoms with van der Waals surface area (Å²) in [6.07, 6.45) is 0. The quantitative estimate of drug-likeness (QED) is 0.278. The lowest BCUT2D eigenvalue weighted by Crippen LogP contribution is -2.70. The van der Waals surface area contributed by atoms with E-state index in [0.29, 0.717) is 0 Å². The SMILES string of the molecule is C[Si](O[Si](C)O[Si](C)(C)C)O[Si](C)O[Si](C)(C)O[Si](O[Si](C)(C)C)(c1ccccc1)c1ccccc1. The first-order valence-electron chi connectivity index (χ1n) is 12.3. The van der Waals surface area contributed by atoms with Crippen LogP contribution in [0.15, 0.2) is 60.7 Å². The molecule has 2 aromatic rings. The molecule has 0 aromatic heterocycles. The molecule has 0 aliphatic rings. The fourth-order valence-corrected chi connectivity index (χ4v) is 25.6. The second kappa shape index (κ2) is 13.2. The van der Waals surface area contributed by atoms with Gasteiger partial charge in [-0.2, -0.15) is 0 Å². The van der Waals surface area contributed by atoms with Crippen molar-refractivity contribution in [3.05, 3.63) is 60.7 Å². The molecule has 0 heterocycles. The molecule has 2 aromatic carbocycles. The van der Waals surface area contributed by atoms with Crippen molar-refractivity contribution in [2.24, 2.45) is 0 Å². The van der Waals surface area contributed by atoms with Crippen molar-refractivity contribution >= 4 is 72.0 Å². The molecule has 0 amide bonds. The topological polar surface area (TPSA) is 55.4 Å². The van der Waals surface area contributed by atoms with Crippen molar-refractivity contribution in [1.82, 2.24) is 0 Å². The molecule has 0 saturated carbocycles. The van der Waals surface area contributed by atoms with Crippen molar-refractivity contribution < 1.29 is 24.7 Å². The van der Waals surface area contributed by atoms with Gasteiger partial charge in [-0.1, -0.05) is 60.7 Å². The van der Waals surface area contributed by atoms with Gasteiger partial charge in [0.1, 0.15) is 0 Å². The summed E-state index contributed by atoms with van der Waals surface area (Å²) in [5, 5.41) is 2.19. The fraction of sp³-hybridized carbons (Fsp3) is 0.478. The maximum absolute atomic E-state index is 7.14. The van der Waals surface area contributed by atoms with Crippen LogP contribution in [0.4, 0.5) is 0 Å². The molecule has 0 fully saturated rings. The molecule has 6 nitrogen and oxygen atoms in total. The maximum atomic E-state index is 7.14. The summed E-state index contributed by atoms with van der Waals surface area (Å²) in [4.78, 5) is 0. The first-order chi connectivity index (χ1) is 16.5. The van der Waals surface area contributed by atoms with E-state index in [1.165, 1.54) is 0 Å². The minimum atomic E-state index is -3.05. The zero-order chi connectivity index (χ0) is 27.2. The van der Waals surface area contributed by atoms with Gasteiger partial charge >= 0.3 is 45.0 Å². The zero-order valence-corrected chi connectivity index (χ0v) is 30.7. The van der Waals surface area contributed by atoms with Crippen LogP contribution >= 0.6 is 0 Å². The van der Waals surface area contributed by atoms with E-state index in [1.807, 2.05) is 31.8 Å². The highest BCUT2D eigenvalue weighted by Gasteiger charge is 2.50. The third-order valence-electron chi connectivity index (χ3n) is 4.56. The standard InChI is InChI=1S/C23H43O6Si7/c1-30(24-31(2)26-33(4,5)6)25-32(3)27-35(10,11)29-36(28-34(7,8)9,22-18-14-12-15-19-22)23-20-16-13-17-21-23/h12-21H,1-11H3. The third-order valence-corrected chi connectivity index (χ3v) is 24.8. The Hall–Kier alpha value is -0.282. The van der Waals surface area contributed by atoms with Crippen LogP contribution in [-0.4, -0.2) is 61.6 Å². The van der Waals surface area contributed by atoms with Crippen molar-refractivity contribution in [3.63, 3.8) is 0 Å². The molecule has 0 N–H and O–H groups in total. The molecule has 0 spiro atoms. The van der Waals surface area contributed by atoms with Crippen LogP contribution in [0.1, 0.15) is 0 Å². The molecule has 0 unspecified atom stereocenters. The molecule has 0 bridgehead atoms. The van der Waals surface area contributed by atoms with Gasteiger partial charge in [0.25, 0.3) is 0 Å². The van der Waals surface area contributed by atoms with Crippen LogP contribution in [0.3, 0.4) is 0 Å². The predicted octanol–water partition coefficient (Wildman–Crippen LogP) is 5.07. The van der Waals surface area contributed by atoms with E-state index in [1.54, 1.807) is 0 Å². The van der Waals surface area contributed by atoms with Crippen molar-refractivity contribution in [2.75, 3.05) is 0 Å². The van der Waals surface area contributed by atoms with Gasteiger partial charge < -0.3 is 24.7 Å². The third kappa shape index (κ3) is 10.8. The van der Waals surface area contributed by atoms with Crippen LogP contribution in [0.25, 0.3) is 0 Å². The minimum absolute atomic E-state index is 1.10. The van der Waals surface area contributed by atoms with E-state index in [0.717, 1.165) is 10.4 Å². The van der Waals surface area contributed by atoms with Crippen LogP contribution < -0.4 is 10.4 Å². The average Bonchev–Trinajstić information content (AvgIpc) is 2.71. The maximum Gasteiger partial charge on any atom is 0.388 e. The Morgan fingerprint density at radius 1 is 0.500 bits per heavy atom. The summed E-state index contributed by atoms with van der Waals surface area (Å²) < 4.78 is 39.3. The largest absolute Gasteiger partial charge is 0.436 e. The fourth-order valence-electron chi connectivity index (χ4n) is 3.78. The Kier molecular flexibility index (Phi) is 11.7. The van der Waals surface area contributed by atoms with Gasteiger partial charge in [-0.25, -0.2) is 0 Å². The number of hydrogen-bond donors (Lipinski definition) is 0. The number of benzene rings is 2.